The third-order valence-electron chi connectivity index (χ3n) is 3.13. The molecule has 0 atom stereocenters. The first-order valence-corrected chi connectivity index (χ1v) is 8.83. The number of hydrogen-bond acceptors (Lipinski definition) is 7. The van der Waals surface area contributed by atoms with E-state index in [1.807, 2.05) is 24.4 Å². The summed E-state index contributed by atoms with van der Waals surface area (Å²) in [5.41, 5.74) is 0.606. The lowest BCUT2D eigenvalue weighted by atomic mass is 9.98. The second-order valence-corrected chi connectivity index (χ2v) is 7.50. The molecule has 0 saturated heterocycles. The summed E-state index contributed by atoms with van der Waals surface area (Å²) in [5, 5.41) is 12.5. The second-order valence-electron chi connectivity index (χ2n) is 6.55. The Kier molecular flexibility index (Phi) is 6.51. The molecule has 0 aliphatic rings. The predicted molar refractivity (Wildman–Crippen MR) is 98.9 cm³/mol. The van der Waals surface area contributed by atoms with E-state index in [0.717, 1.165) is 4.88 Å². The fraction of sp³-hybridized carbons (Fsp3) is 0.412. The number of nitrogens with one attached hydrogen (secondary N) is 1. The standard InChI is InChI=1S/C17H22N4O4S/c1-12(14-6-5-7-26-14)20-25-10-15(22)19-13-8-18-21(9-13)11-24-16(23)17(2,3)4/h5-9H,10-11H2,1-4H3,(H,19,22)/b20-12-. The van der Waals surface area contributed by atoms with Crippen molar-refractivity contribution in [2.75, 3.05) is 11.9 Å². The largest absolute Gasteiger partial charge is 0.442 e. The van der Waals surface area contributed by atoms with Crippen molar-refractivity contribution in [2.24, 2.45) is 10.6 Å². The Morgan fingerprint density at radius 3 is 2.81 bits per heavy atom. The van der Waals surface area contributed by atoms with E-state index in [4.69, 9.17) is 9.57 Å². The maximum absolute atomic E-state index is 11.9. The Morgan fingerprint density at radius 2 is 2.15 bits per heavy atom. The molecular weight excluding hydrogens is 356 g/mol. The molecule has 2 aromatic heterocycles. The van der Waals surface area contributed by atoms with Crippen LogP contribution < -0.4 is 5.32 Å². The minimum absolute atomic E-state index is 0.0211. The zero-order chi connectivity index (χ0) is 19.2. The molecule has 0 spiro atoms. The number of anilines is 1. The molecule has 0 saturated carbocycles. The average Bonchev–Trinajstić information content (AvgIpc) is 3.23. The highest BCUT2D eigenvalue weighted by atomic mass is 32.1. The highest BCUT2D eigenvalue weighted by Crippen LogP contribution is 2.15. The molecule has 1 N–H and O–H groups in total. The van der Waals surface area contributed by atoms with Crippen LogP contribution in [0.3, 0.4) is 0 Å². The second kappa shape index (κ2) is 8.61. The molecule has 1 amide bonds. The molecular formula is C17H22N4O4S. The Morgan fingerprint density at radius 1 is 1.38 bits per heavy atom. The van der Waals surface area contributed by atoms with Gasteiger partial charge in [-0.05, 0) is 39.1 Å². The number of carbonyl (C=O) groups excluding carboxylic acids is 2. The van der Waals surface area contributed by atoms with Crippen molar-refractivity contribution in [3.8, 4) is 0 Å². The molecule has 0 fully saturated rings. The summed E-state index contributed by atoms with van der Waals surface area (Å²) in [6, 6.07) is 3.84. The molecule has 0 aliphatic carbocycles. The number of hydrogen-bond donors (Lipinski definition) is 1. The van der Waals surface area contributed by atoms with Crippen LogP contribution in [0.4, 0.5) is 5.69 Å². The minimum Gasteiger partial charge on any atom is -0.442 e. The van der Waals surface area contributed by atoms with E-state index in [2.05, 4.69) is 15.6 Å². The van der Waals surface area contributed by atoms with Gasteiger partial charge in [0.1, 0.15) is 0 Å². The molecule has 0 bridgehead atoms. The number of carbonyl (C=O) groups is 2. The van der Waals surface area contributed by atoms with Gasteiger partial charge in [-0.3, -0.25) is 9.59 Å². The SMILES string of the molecule is C/C(=N/OCC(=O)Nc1cnn(COC(=O)C(C)(C)C)c1)c1cccs1. The van der Waals surface area contributed by atoms with Gasteiger partial charge in [-0.15, -0.1) is 11.3 Å². The Labute approximate surface area is 155 Å². The number of rotatable bonds is 7. The lowest BCUT2D eigenvalue weighted by Gasteiger charge is -2.16. The monoisotopic (exact) mass is 378 g/mol. The van der Waals surface area contributed by atoms with Crippen molar-refractivity contribution >= 4 is 34.6 Å². The van der Waals surface area contributed by atoms with E-state index < -0.39 is 5.41 Å². The highest BCUT2D eigenvalue weighted by molar-refractivity contribution is 7.12. The summed E-state index contributed by atoms with van der Waals surface area (Å²) in [4.78, 5) is 29.6. The van der Waals surface area contributed by atoms with E-state index in [1.54, 1.807) is 38.3 Å². The van der Waals surface area contributed by atoms with Gasteiger partial charge in [-0.25, -0.2) is 4.68 Å². The summed E-state index contributed by atoms with van der Waals surface area (Å²) >= 11 is 1.55. The van der Waals surface area contributed by atoms with Gasteiger partial charge in [0.15, 0.2) is 13.3 Å². The lowest BCUT2D eigenvalue weighted by Crippen LogP contribution is -2.24. The number of oxime groups is 1. The van der Waals surface area contributed by atoms with Crippen LogP contribution in [0.25, 0.3) is 0 Å². The highest BCUT2D eigenvalue weighted by Gasteiger charge is 2.23. The number of aromatic nitrogens is 2. The van der Waals surface area contributed by atoms with E-state index in [0.29, 0.717) is 11.4 Å². The topological polar surface area (TPSA) is 94.8 Å². The summed E-state index contributed by atoms with van der Waals surface area (Å²) in [6.45, 7) is 6.89. The maximum atomic E-state index is 11.9. The van der Waals surface area contributed by atoms with Crippen molar-refractivity contribution in [1.29, 1.82) is 0 Å². The molecule has 0 unspecified atom stereocenters. The molecule has 140 valence electrons. The number of thiophene rings is 1. The van der Waals surface area contributed by atoms with Crippen LogP contribution in [0.2, 0.25) is 0 Å². The number of ether oxygens (including phenoxy) is 1. The Bertz CT molecular complexity index is 775. The fourth-order valence-electron chi connectivity index (χ4n) is 1.75. The minimum atomic E-state index is -0.580. The quantitative estimate of drug-likeness (QED) is 0.454. The molecule has 2 rings (SSSR count). The summed E-state index contributed by atoms with van der Waals surface area (Å²) < 4.78 is 6.56. The summed E-state index contributed by atoms with van der Waals surface area (Å²) in [5.74, 6) is -0.690. The molecule has 0 radical (unpaired) electrons. The van der Waals surface area contributed by atoms with Crippen molar-refractivity contribution < 1.29 is 19.2 Å². The van der Waals surface area contributed by atoms with E-state index in [-0.39, 0.29) is 25.2 Å². The zero-order valence-electron chi connectivity index (χ0n) is 15.2. The Balaban J connectivity index is 1.77. The van der Waals surface area contributed by atoms with Crippen molar-refractivity contribution in [2.45, 2.75) is 34.4 Å². The molecule has 2 heterocycles. The smallest absolute Gasteiger partial charge is 0.313 e. The van der Waals surface area contributed by atoms with Crippen molar-refractivity contribution in [1.82, 2.24) is 9.78 Å². The lowest BCUT2D eigenvalue weighted by molar-refractivity contribution is -0.157. The first-order chi connectivity index (χ1) is 12.3. The summed E-state index contributed by atoms with van der Waals surface area (Å²) in [6.07, 6.45) is 3.02. The number of amides is 1. The maximum Gasteiger partial charge on any atom is 0.313 e. The van der Waals surface area contributed by atoms with E-state index in [1.165, 1.54) is 10.9 Å². The normalized spacial score (nSPS) is 11.9. The van der Waals surface area contributed by atoms with Crippen LogP contribution >= 0.6 is 11.3 Å². The number of esters is 1. The first-order valence-electron chi connectivity index (χ1n) is 7.95. The Hall–Kier alpha value is -2.68. The predicted octanol–water partition coefficient (Wildman–Crippen LogP) is 2.87. The van der Waals surface area contributed by atoms with Crippen molar-refractivity contribution in [3.05, 3.63) is 34.8 Å². The first kappa shape index (κ1) is 19.6. The van der Waals surface area contributed by atoms with Gasteiger partial charge in [-0.1, -0.05) is 11.2 Å². The third kappa shape index (κ3) is 5.99. The van der Waals surface area contributed by atoms with Crippen molar-refractivity contribution in [3.63, 3.8) is 0 Å². The van der Waals surface area contributed by atoms with Crippen LogP contribution in [-0.4, -0.2) is 34.0 Å². The molecule has 9 heteroatoms. The van der Waals surface area contributed by atoms with Crippen LogP contribution in [0, 0.1) is 5.41 Å². The zero-order valence-corrected chi connectivity index (χ0v) is 16.0. The van der Waals surface area contributed by atoms with Gasteiger partial charge in [-0.2, -0.15) is 5.10 Å². The molecule has 26 heavy (non-hydrogen) atoms. The van der Waals surface area contributed by atoms with Gasteiger partial charge in [0.2, 0.25) is 0 Å². The molecule has 0 aliphatic heterocycles. The van der Waals surface area contributed by atoms with E-state index in [9.17, 15) is 9.59 Å². The number of nitrogens with zero attached hydrogens (tertiary/aromatic N) is 3. The molecule has 2 aromatic rings. The van der Waals surface area contributed by atoms with Gasteiger partial charge in [0.25, 0.3) is 5.91 Å². The van der Waals surface area contributed by atoms with Gasteiger partial charge in [0, 0.05) is 0 Å². The van der Waals surface area contributed by atoms with Crippen LogP contribution in [0.15, 0.2) is 35.1 Å². The van der Waals surface area contributed by atoms with Crippen LogP contribution in [0.5, 0.6) is 0 Å². The van der Waals surface area contributed by atoms with Gasteiger partial charge < -0.3 is 14.9 Å². The third-order valence-corrected chi connectivity index (χ3v) is 4.11. The summed E-state index contributed by atoms with van der Waals surface area (Å²) in [7, 11) is 0. The van der Waals surface area contributed by atoms with Crippen LogP contribution in [0.1, 0.15) is 32.6 Å². The van der Waals surface area contributed by atoms with E-state index >= 15 is 0 Å². The average molecular weight is 378 g/mol. The molecule has 0 aromatic carbocycles. The fourth-order valence-corrected chi connectivity index (χ4v) is 2.42. The van der Waals surface area contributed by atoms with Crippen LogP contribution in [-0.2, 0) is 25.9 Å². The van der Waals surface area contributed by atoms with Gasteiger partial charge in [0.05, 0.1) is 34.1 Å². The van der Waals surface area contributed by atoms with Gasteiger partial charge >= 0.3 is 5.97 Å². The molecule has 8 nitrogen and oxygen atoms in total.